The summed E-state index contributed by atoms with van der Waals surface area (Å²) in [5.74, 6) is -2.37. The molecule has 1 unspecified atom stereocenters. The zero-order chi connectivity index (χ0) is 15.6. The van der Waals surface area contributed by atoms with Crippen molar-refractivity contribution in [3.05, 3.63) is 59.2 Å². The average Bonchev–Trinajstić information content (AvgIpc) is 2.41. The van der Waals surface area contributed by atoms with Crippen molar-refractivity contribution in [2.45, 2.75) is 13.0 Å². The summed E-state index contributed by atoms with van der Waals surface area (Å²) in [7, 11) is 0. The van der Waals surface area contributed by atoms with E-state index < -0.39 is 23.6 Å². The van der Waals surface area contributed by atoms with Crippen LogP contribution in [0.25, 0.3) is 0 Å². The highest BCUT2D eigenvalue weighted by Gasteiger charge is 2.16. The summed E-state index contributed by atoms with van der Waals surface area (Å²) in [5.41, 5.74) is 5.39. The minimum Gasteiger partial charge on any atom is -0.478 e. The number of carboxylic acid groups (broad SMARTS) is 1. The van der Waals surface area contributed by atoms with Gasteiger partial charge in [-0.15, -0.1) is 0 Å². The molecule has 2 aromatic carbocycles. The highest BCUT2D eigenvalue weighted by molar-refractivity contribution is 5.94. The van der Waals surface area contributed by atoms with Crippen LogP contribution in [-0.2, 0) is 0 Å². The van der Waals surface area contributed by atoms with Crippen LogP contribution in [0.15, 0.2) is 36.4 Å². The van der Waals surface area contributed by atoms with E-state index in [4.69, 9.17) is 10.8 Å². The topological polar surface area (TPSA) is 75.3 Å². The molecule has 0 spiro atoms. The molecule has 0 radical (unpaired) electrons. The monoisotopic (exact) mass is 292 g/mol. The van der Waals surface area contributed by atoms with Crippen LogP contribution in [0.3, 0.4) is 0 Å². The molecule has 0 aliphatic heterocycles. The van der Waals surface area contributed by atoms with Crippen LogP contribution in [0.1, 0.15) is 28.9 Å². The Morgan fingerprint density at radius 3 is 2.52 bits per heavy atom. The third-order valence-corrected chi connectivity index (χ3v) is 3.11. The van der Waals surface area contributed by atoms with Crippen molar-refractivity contribution in [2.24, 2.45) is 0 Å². The van der Waals surface area contributed by atoms with Gasteiger partial charge in [0.25, 0.3) is 0 Å². The molecule has 2 rings (SSSR count). The van der Waals surface area contributed by atoms with E-state index in [1.807, 2.05) is 0 Å². The van der Waals surface area contributed by atoms with Gasteiger partial charge in [0.05, 0.1) is 17.3 Å². The van der Waals surface area contributed by atoms with E-state index in [1.54, 1.807) is 25.1 Å². The fourth-order valence-corrected chi connectivity index (χ4v) is 2.02. The Kier molecular flexibility index (Phi) is 4.07. The van der Waals surface area contributed by atoms with E-state index in [1.165, 1.54) is 6.07 Å². The lowest BCUT2D eigenvalue weighted by molar-refractivity contribution is 0.0698. The molecule has 0 amide bonds. The van der Waals surface area contributed by atoms with Gasteiger partial charge in [0, 0.05) is 11.3 Å². The Hall–Kier alpha value is -2.63. The molecule has 2 aromatic rings. The van der Waals surface area contributed by atoms with Gasteiger partial charge in [-0.3, -0.25) is 0 Å². The maximum Gasteiger partial charge on any atom is 0.337 e. The predicted molar refractivity (Wildman–Crippen MR) is 76.2 cm³/mol. The highest BCUT2D eigenvalue weighted by Crippen LogP contribution is 2.27. The van der Waals surface area contributed by atoms with Crippen molar-refractivity contribution in [2.75, 3.05) is 11.1 Å². The average molecular weight is 292 g/mol. The van der Waals surface area contributed by atoms with Crippen molar-refractivity contribution in [3.8, 4) is 0 Å². The van der Waals surface area contributed by atoms with Crippen molar-refractivity contribution in [1.29, 1.82) is 0 Å². The fourth-order valence-electron chi connectivity index (χ4n) is 2.02. The first-order valence-corrected chi connectivity index (χ1v) is 6.23. The SMILES string of the molecule is CC(Nc1cc(C(=O)O)c(N)cc1F)c1ccccc1F. The summed E-state index contributed by atoms with van der Waals surface area (Å²) in [6, 6.07) is 7.59. The molecule has 0 heterocycles. The molecule has 21 heavy (non-hydrogen) atoms. The molecule has 4 nitrogen and oxygen atoms in total. The molecular formula is C15H14F2N2O2. The second kappa shape index (κ2) is 5.78. The number of nitrogen functional groups attached to an aromatic ring is 1. The molecule has 0 saturated heterocycles. The number of carbonyl (C=O) groups is 1. The molecule has 1 atom stereocenters. The maximum atomic E-state index is 13.8. The van der Waals surface area contributed by atoms with Gasteiger partial charge in [0.15, 0.2) is 0 Å². The number of aromatic carboxylic acids is 1. The molecule has 0 aromatic heterocycles. The van der Waals surface area contributed by atoms with Crippen LogP contribution in [0.2, 0.25) is 0 Å². The van der Waals surface area contributed by atoms with Crippen molar-refractivity contribution in [1.82, 2.24) is 0 Å². The van der Waals surface area contributed by atoms with Crippen molar-refractivity contribution < 1.29 is 18.7 Å². The summed E-state index contributed by atoms with van der Waals surface area (Å²) < 4.78 is 27.5. The number of benzene rings is 2. The first-order valence-electron chi connectivity index (χ1n) is 6.23. The van der Waals surface area contributed by atoms with Gasteiger partial charge >= 0.3 is 5.97 Å². The molecule has 0 aliphatic rings. The van der Waals surface area contributed by atoms with Gasteiger partial charge in [-0.05, 0) is 25.1 Å². The molecule has 0 saturated carbocycles. The Labute approximate surface area is 120 Å². The van der Waals surface area contributed by atoms with E-state index in [9.17, 15) is 13.6 Å². The van der Waals surface area contributed by atoms with Crippen molar-refractivity contribution >= 4 is 17.3 Å². The number of halogens is 2. The number of hydrogen-bond donors (Lipinski definition) is 3. The third kappa shape index (κ3) is 3.10. The van der Waals surface area contributed by atoms with Gasteiger partial charge < -0.3 is 16.2 Å². The zero-order valence-corrected chi connectivity index (χ0v) is 11.2. The number of anilines is 2. The Morgan fingerprint density at radius 1 is 1.24 bits per heavy atom. The maximum absolute atomic E-state index is 13.8. The molecule has 0 aliphatic carbocycles. The number of carboxylic acids is 1. The highest BCUT2D eigenvalue weighted by atomic mass is 19.1. The Bertz CT molecular complexity index is 689. The summed E-state index contributed by atoms with van der Waals surface area (Å²) >= 11 is 0. The van der Waals surface area contributed by atoms with E-state index >= 15 is 0 Å². The summed E-state index contributed by atoms with van der Waals surface area (Å²) in [5, 5.41) is 11.7. The molecule has 0 bridgehead atoms. The van der Waals surface area contributed by atoms with Crippen molar-refractivity contribution in [3.63, 3.8) is 0 Å². The van der Waals surface area contributed by atoms with E-state index in [0.717, 1.165) is 12.1 Å². The second-order valence-electron chi connectivity index (χ2n) is 4.61. The van der Waals surface area contributed by atoms with Crippen LogP contribution >= 0.6 is 0 Å². The third-order valence-electron chi connectivity index (χ3n) is 3.11. The van der Waals surface area contributed by atoms with Crippen LogP contribution < -0.4 is 11.1 Å². The quantitative estimate of drug-likeness (QED) is 0.755. The minimum absolute atomic E-state index is 0.0441. The molecule has 4 N–H and O–H groups in total. The summed E-state index contributed by atoms with van der Waals surface area (Å²) in [6.07, 6.45) is 0. The van der Waals surface area contributed by atoms with Crippen LogP contribution in [0.5, 0.6) is 0 Å². The molecule has 6 heteroatoms. The fraction of sp³-hybridized carbons (Fsp3) is 0.133. The number of nitrogens with two attached hydrogens (primary N) is 1. The van der Waals surface area contributed by atoms with Crippen LogP contribution in [0.4, 0.5) is 20.2 Å². The summed E-state index contributed by atoms with van der Waals surface area (Å²) in [4.78, 5) is 11.0. The summed E-state index contributed by atoms with van der Waals surface area (Å²) in [6.45, 7) is 1.65. The molecule has 110 valence electrons. The number of rotatable bonds is 4. The Morgan fingerprint density at radius 2 is 1.90 bits per heavy atom. The van der Waals surface area contributed by atoms with E-state index in [0.29, 0.717) is 5.56 Å². The molecular weight excluding hydrogens is 278 g/mol. The lowest BCUT2D eigenvalue weighted by atomic mass is 10.1. The molecule has 0 fully saturated rings. The van der Waals surface area contributed by atoms with Gasteiger partial charge in [0.1, 0.15) is 11.6 Å². The van der Waals surface area contributed by atoms with Gasteiger partial charge in [-0.25, -0.2) is 13.6 Å². The standard InChI is InChI=1S/C15H14F2N2O2/c1-8(9-4-2-3-5-11(9)16)19-14-6-10(15(20)21)13(18)7-12(14)17/h2-8,19H,18H2,1H3,(H,20,21). The van der Waals surface area contributed by atoms with E-state index in [-0.39, 0.29) is 16.9 Å². The van der Waals surface area contributed by atoms with Crippen LogP contribution in [-0.4, -0.2) is 11.1 Å². The normalized spacial score (nSPS) is 12.0. The largest absolute Gasteiger partial charge is 0.478 e. The Balaban J connectivity index is 2.33. The number of nitrogens with one attached hydrogen (secondary N) is 1. The lowest BCUT2D eigenvalue weighted by Gasteiger charge is -2.17. The van der Waals surface area contributed by atoms with Gasteiger partial charge in [-0.2, -0.15) is 0 Å². The minimum atomic E-state index is -1.26. The van der Waals surface area contributed by atoms with Gasteiger partial charge in [-0.1, -0.05) is 18.2 Å². The first kappa shape index (κ1) is 14.8. The number of hydrogen-bond acceptors (Lipinski definition) is 3. The smallest absolute Gasteiger partial charge is 0.337 e. The predicted octanol–water partition coefficient (Wildman–Crippen LogP) is 3.42. The zero-order valence-electron chi connectivity index (χ0n) is 11.2. The lowest BCUT2D eigenvalue weighted by Crippen LogP contribution is -2.12. The van der Waals surface area contributed by atoms with Crippen LogP contribution in [0, 0.1) is 11.6 Å². The first-order chi connectivity index (χ1) is 9.90. The van der Waals surface area contributed by atoms with E-state index in [2.05, 4.69) is 5.32 Å². The second-order valence-corrected chi connectivity index (χ2v) is 4.61. The van der Waals surface area contributed by atoms with Gasteiger partial charge in [0.2, 0.25) is 0 Å².